The largest absolute Gasteiger partial charge is 0.481 e. The number of carboxylic acid groups (broad SMARTS) is 1. The van der Waals surface area contributed by atoms with Crippen LogP contribution in [0.1, 0.15) is 17.5 Å². The van der Waals surface area contributed by atoms with Gasteiger partial charge in [-0.3, -0.25) is 4.79 Å². The van der Waals surface area contributed by atoms with Crippen molar-refractivity contribution in [1.29, 1.82) is 0 Å². The lowest BCUT2D eigenvalue weighted by Crippen LogP contribution is -2.03. The molecule has 0 atom stereocenters. The zero-order valence-electron chi connectivity index (χ0n) is 11.0. The summed E-state index contributed by atoms with van der Waals surface area (Å²) < 4.78 is 7.07. The normalized spacial score (nSPS) is 10.4. The summed E-state index contributed by atoms with van der Waals surface area (Å²) in [4.78, 5) is 10.6. The average Bonchev–Trinajstić information content (AvgIpc) is 2.79. The predicted octanol–water partition coefficient (Wildman–Crippen LogP) is 2.21. The highest BCUT2D eigenvalue weighted by Crippen LogP contribution is 2.25. The molecule has 19 heavy (non-hydrogen) atoms. The topological polar surface area (TPSA) is 64.3 Å². The maximum Gasteiger partial charge on any atom is 0.303 e. The van der Waals surface area contributed by atoms with Gasteiger partial charge in [0.25, 0.3) is 0 Å². The lowest BCUT2D eigenvalue weighted by molar-refractivity contribution is -0.136. The number of methoxy groups -OCH3 is 1. The van der Waals surface area contributed by atoms with Gasteiger partial charge in [0, 0.05) is 12.0 Å². The first-order valence-electron chi connectivity index (χ1n) is 6.02. The van der Waals surface area contributed by atoms with E-state index in [4.69, 9.17) is 9.84 Å². The van der Waals surface area contributed by atoms with Crippen LogP contribution >= 0.6 is 0 Å². The van der Waals surface area contributed by atoms with Crippen LogP contribution in [0.4, 0.5) is 0 Å². The van der Waals surface area contributed by atoms with Crippen LogP contribution in [0.5, 0.6) is 5.88 Å². The Balaban J connectivity index is 2.37. The summed E-state index contributed by atoms with van der Waals surface area (Å²) in [5.41, 5.74) is 2.81. The molecule has 0 saturated carbocycles. The molecule has 0 unspecified atom stereocenters. The molecule has 0 bridgehead atoms. The third-order valence-corrected chi connectivity index (χ3v) is 2.94. The molecule has 0 fully saturated rings. The Bertz CT molecular complexity index is 590. The summed E-state index contributed by atoms with van der Waals surface area (Å²) in [7, 11) is 1.57. The zero-order chi connectivity index (χ0) is 13.8. The van der Waals surface area contributed by atoms with Gasteiger partial charge in [-0.25, -0.2) is 4.68 Å². The third-order valence-electron chi connectivity index (χ3n) is 2.94. The van der Waals surface area contributed by atoms with Crippen molar-refractivity contribution in [3.05, 3.63) is 41.6 Å². The van der Waals surface area contributed by atoms with Gasteiger partial charge in [0.2, 0.25) is 5.88 Å². The quantitative estimate of drug-likeness (QED) is 0.895. The van der Waals surface area contributed by atoms with Gasteiger partial charge >= 0.3 is 5.97 Å². The number of ether oxygens (including phenoxy) is 1. The standard InChI is InChI=1S/C14H16N2O3/c1-10-5-3-4-6-12(10)16-14(19-2)11(9-15-16)7-8-13(17)18/h3-6,9H,7-8H2,1-2H3,(H,17,18). The number of hydrogen-bond acceptors (Lipinski definition) is 3. The van der Waals surface area contributed by atoms with Crippen LogP contribution in [0, 0.1) is 6.92 Å². The molecule has 100 valence electrons. The highest BCUT2D eigenvalue weighted by molar-refractivity contribution is 5.67. The smallest absolute Gasteiger partial charge is 0.303 e. The first kappa shape index (κ1) is 13.1. The lowest BCUT2D eigenvalue weighted by atomic mass is 10.2. The first-order valence-corrected chi connectivity index (χ1v) is 6.02. The predicted molar refractivity (Wildman–Crippen MR) is 70.8 cm³/mol. The van der Waals surface area contributed by atoms with E-state index < -0.39 is 5.97 Å². The first-order chi connectivity index (χ1) is 9.13. The highest BCUT2D eigenvalue weighted by Gasteiger charge is 2.14. The van der Waals surface area contributed by atoms with E-state index in [0.29, 0.717) is 12.3 Å². The Kier molecular flexibility index (Phi) is 3.85. The maximum absolute atomic E-state index is 10.6. The molecule has 1 aromatic carbocycles. The molecule has 0 radical (unpaired) electrons. The lowest BCUT2D eigenvalue weighted by Gasteiger charge is -2.10. The Labute approximate surface area is 111 Å². The summed E-state index contributed by atoms with van der Waals surface area (Å²) in [5.74, 6) is -0.235. The van der Waals surface area contributed by atoms with E-state index in [9.17, 15) is 4.79 Å². The summed E-state index contributed by atoms with van der Waals surface area (Å²) in [6, 6.07) is 7.83. The molecule has 2 aromatic rings. The fourth-order valence-electron chi connectivity index (χ4n) is 1.97. The van der Waals surface area contributed by atoms with Crippen molar-refractivity contribution in [1.82, 2.24) is 9.78 Å². The van der Waals surface area contributed by atoms with E-state index >= 15 is 0 Å². The number of aryl methyl sites for hydroxylation is 2. The highest BCUT2D eigenvalue weighted by atomic mass is 16.5. The Hall–Kier alpha value is -2.30. The third kappa shape index (κ3) is 2.76. The van der Waals surface area contributed by atoms with Crippen LogP contribution < -0.4 is 4.74 Å². The molecule has 5 heteroatoms. The monoisotopic (exact) mass is 260 g/mol. The fraction of sp³-hybridized carbons (Fsp3) is 0.286. The van der Waals surface area contributed by atoms with E-state index in [2.05, 4.69) is 5.10 Å². The fourth-order valence-corrected chi connectivity index (χ4v) is 1.97. The minimum absolute atomic E-state index is 0.0653. The van der Waals surface area contributed by atoms with Crippen LogP contribution in [0.25, 0.3) is 5.69 Å². The van der Waals surface area contributed by atoms with Crippen molar-refractivity contribution in [3.63, 3.8) is 0 Å². The van der Waals surface area contributed by atoms with E-state index in [1.807, 2.05) is 31.2 Å². The van der Waals surface area contributed by atoms with Crippen molar-refractivity contribution >= 4 is 5.97 Å². The summed E-state index contributed by atoms with van der Waals surface area (Å²) in [5, 5.41) is 13.0. The van der Waals surface area contributed by atoms with Crippen LogP contribution in [-0.2, 0) is 11.2 Å². The average molecular weight is 260 g/mol. The Morgan fingerprint density at radius 1 is 1.42 bits per heavy atom. The number of carbonyl (C=O) groups is 1. The van der Waals surface area contributed by atoms with Crippen molar-refractivity contribution in [3.8, 4) is 11.6 Å². The number of rotatable bonds is 5. The SMILES string of the molecule is COc1c(CCC(=O)O)cnn1-c1ccccc1C. The van der Waals surface area contributed by atoms with E-state index in [1.165, 1.54) is 0 Å². The number of carboxylic acids is 1. The van der Waals surface area contributed by atoms with Crippen molar-refractivity contribution in [2.24, 2.45) is 0 Å². The van der Waals surface area contributed by atoms with Gasteiger partial charge in [-0.05, 0) is 25.0 Å². The van der Waals surface area contributed by atoms with Crippen molar-refractivity contribution < 1.29 is 14.6 Å². The summed E-state index contributed by atoms with van der Waals surface area (Å²) >= 11 is 0. The number of hydrogen-bond donors (Lipinski definition) is 1. The second-order valence-corrected chi connectivity index (χ2v) is 4.27. The van der Waals surface area contributed by atoms with E-state index in [0.717, 1.165) is 16.8 Å². The second kappa shape index (κ2) is 5.56. The molecule has 0 aliphatic heterocycles. The molecule has 1 N–H and O–H groups in total. The molecule has 0 amide bonds. The molecular formula is C14H16N2O3. The molecule has 1 heterocycles. The van der Waals surface area contributed by atoms with Crippen LogP contribution in [0.3, 0.4) is 0 Å². The molecule has 5 nitrogen and oxygen atoms in total. The molecule has 0 aliphatic carbocycles. The maximum atomic E-state index is 10.6. The van der Waals surface area contributed by atoms with Gasteiger partial charge in [-0.2, -0.15) is 5.10 Å². The molecule has 2 rings (SSSR count). The van der Waals surface area contributed by atoms with Crippen LogP contribution in [0.2, 0.25) is 0 Å². The van der Waals surface area contributed by atoms with Gasteiger partial charge in [0.1, 0.15) is 0 Å². The minimum atomic E-state index is -0.828. The molecule has 0 saturated heterocycles. The van der Waals surface area contributed by atoms with Gasteiger partial charge in [-0.15, -0.1) is 0 Å². The van der Waals surface area contributed by atoms with Crippen LogP contribution in [0.15, 0.2) is 30.5 Å². The Morgan fingerprint density at radius 2 is 2.16 bits per heavy atom. The van der Waals surface area contributed by atoms with Gasteiger partial charge in [0.15, 0.2) is 0 Å². The van der Waals surface area contributed by atoms with Gasteiger partial charge < -0.3 is 9.84 Å². The Morgan fingerprint density at radius 3 is 2.79 bits per heavy atom. The summed E-state index contributed by atoms with van der Waals surface area (Å²) in [6.45, 7) is 1.99. The number of para-hydroxylation sites is 1. The number of benzene rings is 1. The molecule has 0 spiro atoms. The number of nitrogens with zero attached hydrogens (tertiary/aromatic N) is 2. The summed E-state index contributed by atoms with van der Waals surface area (Å²) in [6.07, 6.45) is 2.13. The van der Waals surface area contributed by atoms with Crippen molar-refractivity contribution in [2.45, 2.75) is 19.8 Å². The number of aliphatic carboxylic acids is 1. The van der Waals surface area contributed by atoms with Crippen molar-refractivity contribution in [2.75, 3.05) is 7.11 Å². The van der Waals surface area contributed by atoms with Crippen LogP contribution in [-0.4, -0.2) is 28.0 Å². The zero-order valence-corrected chi connectivity index (χ0v) is 11.0. The van der Waals surface area contributed by atoms with Gasteiger partial charge in [0.05, 0.1) is 19.0 Å². The molecular weight excluding hydrogens is 244 g/mol. The van der Waals surface area contributed by atoms with E-state index in [-0.39, 0.29) is 6.42 Å². The second-order valence-electron chi connectivity index (χ2n) is 4.27. The minimum Gasteiger partial charge on any atom is -0.481 e. The van der Waals surface area contributed by atoms with Gasteiger partial charge in [-0.1, -0.05) is 18.2 Å². The number of aromatic nitrogens is 2. The molecule has 0 aliphatic rings. The van der Waals surface area contributed by atoms with E-state index in [1.54, 1.807) is 18.0 Å². The molecule has 1 aromatic heterocycles.